The lowest BCUT2D eigenvalue weighted by molar-refractivity contribution is 0.110. The van der Waals surface area contributed by atoms with Crippen LogP contribution in [0.25, 0.3) is 0 Å². The summed E-state index contributed by atoms with van der Waals surface area (Å²) >= 11 is 0. The van der Waals surface area contributed by atoms with E-state index in [1.54, 1.807) is 4.90 Å². The van der Waals surface area contributed by atoms with E-state index in [-0.39, 0.29) is 6.09 Å². The highest BCUT2D eigenvalue weighted by atomic mass is 16.6. The van der Waals surface area contributed by atoms with E-state index in [2.05, 4.69) is 0 Å². The van der Waals surface area contributed by atoms with Crippen molar-refractivity contribution in [2.75, 3.05) is 6.54 Å². The van der Waals surface area contributed by atoms with E-state index in [4.69, 9.17) is 4.74 Å². The molecule has 0 saturated carbocycles. The number of carbonyl (C=O) groups is 1. The zero-order valence-corrected chi connectivity index (χ0v) is 8.56. The molecule has 79 valence electrons. The largest absolute Gasteiger partial charge is 0.445 e. The molecule has 0 unspecified atom stereocenters. The molecular formula is C12H14NO2. The van der Waals surface area contributed by atoms with Crippen molar-refractivity contribution in [3.8, 4) is 0 Å². The number of nitrogens with zero attached hydrogens (tertiary/aromatic N) is 1. The van der Waals surface area contributed by atoms with Crippen LogP contribution in [0.3, 0.4) is 0 Å². The molecule has 1 fully saturated rings. The van der Waals surface area contributed by atoms with Crippen LogP contribution in [0, 0.1) is 6.54 Å². The van der Waals surface area contributed by atoms with Gasteiger partial charge < -0.3 is 9.64 Å². The topological polar surface area (TPSA) is 29.5 Å². The third-order valence-corrected chi connectivity index (χ3v) is 2.39. The number of rotatable bonds is 2. The first kappa shape index (κ1) is 10.0. The highest BCUT2D eigenvalue weighted by Gasteiger charge is 2.19. The Hall–Kier alpha value is -1.51. The van der Waals surface area contributed by atoms with Crippen LogP contribution in [0.4, 0.5) is 4.79 Å². The summed E-state index contributed by atoms with van der Waals surface area (Å²) in [6, 6.07) is 9.71. The SMILES string of the molecule is O=C(OCc1ccccc1)N1[CH]CCC1. The minimum absolute atomic E-state index is 0.239. The smallest absolute Gasteiger partial charge is 0.410 e. The lowest BCUT2D eigenvalue weighted by Crippen LogP contribution is -2.25. The highest BCUT2D eigenvalue weighted by Crippen LogP contribution is 2.14. The Kier molecular flexibility index (Phi) is 3.22. The number of likely N-dealkylation sites (tertiary alicyclic amines) is 1. The summed E-state index contributed by atoms with van der Waals surface area (Å²) in [4.78, 5) is 13.1. The van der Waals surface area contributed by atoms with E-state index in [0.717, 1.165) is 24.9 Å². The number of hydrogen-bond acceptors (Lipinski definition) is 2. The van der Waals surface area contributed by atoms with Gasteiger partial charge in [0.05, 0.1) is 6.54 Å². The first-order valence-corrected chi connectivity index (χ1v) is 5.17. The second-order valence-corrected chi connectivity index (χ2v) is 3.56. The molecule has 1 aliphatic rings. The minimum Gasteiger partial charge on any atom is -0.445 e. The summed E-state index contributed by atoms with van der Waals surface area (Å²) in [5.74, 6) is 0. The van der Waals surface area contributed by atoms with Crippen molar-refractivity contribution >= 4 is 6.09 Å². The Balaban J connectivity index is 1.80. The summed E-state index contributed by atoms with van der Waals surface area (Å²) in [7, 11) is 0. The molecule has 0 atom stereocenters. The van der Waals surface area contributed by atoms with E-state index in [0.29, 0.717) is 6.61 Å². The van der Waals surface area contributed by atoms with Gasteiger partial charge in [-0.15, -0.1) is 0 Å². The fraction of sp³-hybridized carbons (Fsp3) is 0.333. The fourth-order valence-corrected chi connectivity index (χ4v) is 1.57. The van der Waals surface area contributed by atoms with Gasteiger partial charge in [-0.3, -0.25) is 0 Å². The molecule has 1 radical (unpaired) electrons. The van der Waals surface area contributed by atoms with Gasteiger partial charge >= 0.3 is 6.09 Å². The van der Waals surface area contributed by atoms with Crippen LogP contribution in [-0.4, -0.2) is 17.5 Å². The fourth-order valence-electron chi connectivity index (χ4n) is 1.57. The molecule has 0 spiro atoms. The van der Waals surface area contributed by atoms with Crippen molar-refractivity contribution in [3.05, 3.63) is 42.4 Å². The second-order valence-electron chi connectivity index (χ2n) is 3.56. The Morgan fingerprint density at radius 1 is 1.33 bits per heavy atom. The maximum atomic E-state index is 11.5. The Morgan fingerprint density at radius 3 is 2.80 bits per heavy atom. The first-order chi connectivity index (χ1) is 7.36. The molecule has 15 heavy (non-hydrogen) atoms. The molecule has 0 aromatic heterocycles. The van der Waals surface area contributed by atoms with Crippen molar-refractivity contribution in [1.82, 2.24) is 4.90 Å². The summed E-state index contributed by atoms with van der Waals surface area (Å²) in [5.41, 5.74) is 1.02. The third kappa shape index (κ3) is 2.72. The lowest BCUT2D eigenvalue weighted by Gasteiger charge is -2.14. The Bertz CT molecular complexity index is 318. The van der Waals surface area contributed by atoms with Gasteiger partial charge in [-0.2, -0.15) is 0 Å². The van der Waals surface area contributed by atoms with Crippen LogP contribution in [0.15, 0.2) is 30.3 Å². The van der Waals surface area contributed by atoms with Crippen LogP contribution in [-0.2, 0) is 11.3 Å². The first-order valence-electron chi connectivity index (χ1n) is 5.17. The van der Waals surface area contributed by atoms with Gasteiger partial charge in [-0.05, 0) is 18.4 Å². The number of amides is 1. The van der Waals surface area contributed by atoms with Gasteiger partial charge in [-0.1, -0.05) is 30.3 Å². The molecule has 2 rings (SSSR count). The van der Waals surface area contributed by atoms with E-state index >= 15 is 0 Å². The van der Waals surface area contributed by atoms with E-state index in [9.17, 15) is 4.79 Å². The van der Waals surface area contributed by atoms with E-state index < -0.39 is 0 Å². The van der Waals surface area contributed by atoms with Gasteiger partial charge in [0.25, 0.3) is 0 Å². The molecule has 1 saturated heterocycles. The minimum atomic E-state index is -0.239. The zero-order valence-electron chi connectivity index (χ0n) is 8.56. The molecule has 0 bridgehead atoms. The van der Waals surface area contributed by atoms with Gasteiger partial charge in [0.2, 0.25) is 0 Å². The average Bonchev–Trinajstić information content (AvgIpc) is 2.81. The van der Waals surface area contributed by atoms with Crippen LogP contribution in [0.5, 0.6) is 0 Å². The van der Waals surface area contributed by atoms with Gasteiger partial charge in [0.1, 0.15) is 6.61 Å². The summed E-state index contributed by atoms with van der Waals surface area (Å²) in [5, 5.41) is 0. The summed E-state index contributed by atoms with van der Waals surface area (Å²) in [6.45, 7) is 3.03. The molecule has 3 nitrogen and oxygen atoms in total. The third-order valence-electron chi connectivity index (χ3n) is 2.39. The monoisotopic (exact) mass is 204 g/mol. The molecule has 1 heterocycles. The molecule has 1 amide bonds. The van der Waals surface area contributed by atoms with Gasteiger partial charge in [-0.25, -0.2) is 4.79 Å². The van der Waals surface area contributed by atoms with Crippen LogP contribution in [0.2, 0.25) is 0 Å². The standard InChI is InChI=1S/C12H14NO2/c14-12(13-8-4-5-9-13)15-10-11-6-2-1-3-7-11/h1-3,6-8H,4-5,9-10H2. The summed E-state index contributed by atoms with van der Waals surface area (Å²) < 4.78 is 5.17. The van der Waals surface area contributed by atoms with Gasteiger partial charge in [0.15, 0.2) is 0 Å². The molecule has 0 aliphatic carbocycles. The summed E-state index contributed by atoms with van der Waals surface area (Å²) in [6.07, 6.45) is 1.78. The normalized spacial score (nSPS) is 15.3. The van der Waals surface area contributed by atoms with Crippen molar-refractivity contribution in [1.29, 1.82) is 0 Å². The van der Waals surface area contributed by atoms with Gasteiger partial charge in [0, 0.05) is 6.54 Å². The zero-order chi connectivity index (χ0) is 10.5. The number of benzene rings is 1. The maximum Gasteiger partial charge on any atom is 0.410 e. The van der Waals surface area contributed by atoms with Crippen LogP contribution >= 0.6 is 0 Å². The Morgan fingerprint density at radius 2 is 2.13 bits per heavy atom. The van der Waals surface area contributed by atoms with Crippen molar-refractivity contribution in [2.45, 2.75) is 19.4 Å². The predicted octanol–water partition coefficient (Wildman–Crippen LogP) is 2.58. The van der Waals surface area contributed by atoms with Crippen molar-refractivity contribution < 1.29 is 9.53 Å². The van der Waals surface area contributed by atoms with E-state index in [1.807, 2.05) is 36.9 Å². The molecule has 3 heteroatoms. The highest BCUT2D eigenvalue weighted by molar-refractivity contribution is 5.68. The Labute approximate surface area is 89.7 Å². The molecule has 1 aliphatic heterocycles. The van der Waals surface area contributed by atoms with Crippen molar-refractivity contribution in [2.24, 2.45) is 0 Å². The van der Waals surface area contributed by atoms with Crippen LogP contribution in [0.1, 0.15) is 18.4 Å². The lowest BCUT2D eigenvalue weighted by atomic mass is 10.2. The maximum absolute atomic E-state index is 11.5. The molecule has 0 N–H and O–H groups in total. The second kappa shape index (κ2) is 4.82. The van der Waals surface area contributed by atoms with Crippen LogP contribution < -0.4 is 0 Å². The average molecular weight is 204 g/mol. The number of ether oxygens (including phenoxy) is 1. The van der Waals surface area contributed by atoms with Crippen molar-refractivity contribution in [3.63, 3.8) is 0 Å². The quantitative estimate of drug-likeness (QED) is 0.741. The predicted molar refractivity (Wildman–Crippen MR) is 56.9 cm³/mol. The molecule has 1 aromatic rings. The molecular weight excluding hydrogens is 190 g/mol. The van der Waals surface area contributed by atoms with E-state index in [1.165, 1.54) is 0 Å². The number of carbonyl (C=O) groups excluding carboxylic acids is 1. The number of hydrogen-bond donors (Lipinski definition) is 0. The molecule has 1 aromatic carbocycles.